The number of carbonyl (C=O) groups is 1. The van der Waals surface area contributed by atoms with Crippen LogP contribution in [-0.4, -0.2) is 41.8 Å². The standard InChI is InChI=1S/C18H25N3O3S/c1-5-23-17(22)14-10(2)15(20-11(14)3)16-12(4)25-18(21-16)19-9-13-7-6-8-24-13/h13,20H,5-9H2,1-4H3,(H,19,21)/t13-/m0/s1. The number of nitrogens with one attached hydrogen (secondary N) is 2. The van der Waals surface area contributed by atoms with Gasteiger partial charge in [-0.1, -0.05) is 0 Å². The van der Waals surface area contributed by atoms with Crippen LogP contribution in [0.2, 0.25) is 0 Å². The van der Waals surface area contributed by atoms with E-state index < -0.39 is 0 Å². The van der Waals surface area contributed by atoms with Gasteiger partial charge in [0.15, 0.2) is 5.13 Å². The van der Waals surface area contributed by atoms with E-state index in [0.29, 0.717) is 12.2 Å². The maximum absolute atomic E-state index is 12.2. The van der Waals surface area contributed by atoms with Crippen LogP contribution >= 0.6 is 11.3 Å². The van der Waals surface area contributed by atoms with Crippen molar-refractivity contribution in [1.29, 1.82) is 0 Å². The zero-order valence-electron chi connectivity index (χ0n) is 15.2. The molecule has 1 aliphatic rings. The third kappa shape index (κ3) is 3.72. The third-order valence-electron chi connectivity index (χ3n) is 4.46. The van der Waals surface area contributed by atoms with Gasteiger partial charge >= 0.3 is 5.97 Å². The number of H-pyrrole nitrogens is 1. The van der Waals surface area contributed by atoms with Crippen molar-refractivity contribution in [2.75, 3.05) is 25.1 Å². The third-order valence-corrected chi connectivity index (χ3v) is 5.38. The monoisotopic (exact) mass is 363 g/mol. The van der Waals surface area contributed by atoms with Crippen LogP contribution in [0.25, 0.3) is 11.4 Å². The molecule has 6 nitrogen and oxygen atoms in total. The molecule has 0 unspecified atom stereocenters. The number of thiazole rings is 1. The molecule has 3 rings (SSSR count). The summed E-state index contributed by atoms with van der Waals surface area (Å²) >= 11 is 1.62. The normalized spacial score (nSPS) is 17.0. The molecule has 25 heavy (non-hydrogen) atoms. The number of ether oxygens (including phenoxy) is 2. The van der Waals surface area contributed by atoms with Crippen LogP contribution in [0, 0.1) is 20.8 Å². The first-order valence-corrected chi connectivity index (χ1v) is 9.52. The van der Waals surface area contributed by atoms with E-state index in [1.165, 1.54) is 0 Å². The number of hydrogen-bond acceptors (Lipinski definition) is 6. The predicted octanol–water partition coefficient (Wildman–Crippen LogP) is 3.83. The molecule has 7 heteroatoms. The molecule has 1 saturated heterocycles. The quantitative estimate of drug-likeness (QED) is 0.763. The Morgan fingerprint density at radius 2 is 2.24 bits per heavy atom. The summed E-state index contributed by atoms with van der Waals surface area (Å²) in [5.41, 5.74) is 4.08. The minimum Gasteiger partial charge on any atom is -0.462 e. The van der Waals surface area contributed by atoms with Crippen molar-refractivity contribution < 1.29 is 14.3 Å². The van der Waals surface area contributed by atoms with E-state index in [1.54, 1.807) is 11.3 Å². The molecule has 2 aromatic rings. The fraction of sp³-hybridized carbons (Fsp3) is 0.556. The van der Waals surface area contributed by atoms with Crippen LogP contribution in [0.4, 0.5) is 5.13 Å². The molecule has 1 aliphatic heterocycles. The number of anilines is 1. The number of hydrogen-bond donors (Lipinski definition) is 2. The lowest BCUT2D eigenvalue weighted by Gasteiger charge is -2.09. The number of aryl methyl sites for hydroxylation is 2. The maximum Gasteiger partial charge on any atom is 0.340 e. The van der Waals surface area contributed by atoms with Crippen molar-refractivity contribution in [2.24, 2.45) is 0 Å². The molecule has 2 aromatic heterocycles. The Balaban J connectivity index is 1.82. The largest absolute Gasteiger partial charge is 0.462 e. The van der Waals surface area contributed by atoms with Crippen LogP contribution in [0.1, 0.15) is 46.3 Å². The van der Waals surface area contributed by atoms with Crippen LogP contribution in [0.3, 0.4) is 0 Å². The molecule has 0 aromatic carbocycles. The zero-order chi connectivity index (χ0) is 18.0. The number of esters is 1. The summed E-state index contributed by atoms with van der Waals surface area (Å²) in [4.78, 5) is 21.3. The summed E-state index contributed by atoms with van der Waals surface area (Å²) in [5.74, 6) is -0.287. The minimum absolute atomic E-state index is 0.276. The van der Waals surface area contributed by atoms with Crippen molar-refractivity contribution in [2.45, 2.75) is 46.6 Å². The molecule has 1 fully saturated rings. The van der Waals surface area contributed by atoms with Crippen molar-refractivity contribution in [3.05, 3.63) is 21.7 Å². The lowest BCUT2D eigenvalue weighted by atomic mass is 10.1. The summed E-state index contributed by atoms with van der Waals surface area (Å²) in [7, 11) is 0. The van der Waals surface area contributed by atoms with Gasteiger partial charge in [-0.15, -0.1) is 11.3 Å². The predicted molar refractivity (Wildman–Crippen MR) is 99.5 cm³/mol. The van der Waals surface area contributed by atoms with Gasteiger partial charge in [0.05, 0.1) is 24.0 Å². The second kappa shape index (κ2) is 7.58. The topological polar surface area (TPSA) is 76.2 Å². The lowest BCUT2D eigenvalue weighted by molar-refractivity contribution is 0.0525. The lowest BCUT2D eigenvalue weighted by Crippen LogP contribution is -2.18. The van der Waals surface area contributed by atoms with Gasteiger partial charge < -0.3 is 19.8 Å². The SMILES string of the molecule is CCOC(=O)c1c(C)[nH]c(-c2nc(NC[C@@H]3CCCO3)sc2C)c1C. The van der Waals surface area contributed by atoms with Gasteiger partial charge in [0, 0.05) is 23.7 Å². The molecule has 3 heterocycles. The van der Waals surface area contributed by atoms with E-state index in [-0.39, 0.29) is 12.1 Å². The Hall–Kier alpha value is -1.86. The first-order chi connectivity index (χ1) is 12.0. The number of aromatic amines is 1. The molecular weight excluding hydrogens is 338 g/mol. The fourth-order valence-corrected chi connectivity index (χ4v) is 4.03. The van der Waals surface area contributed by atoms with Crippen LogP contribution < -0.4 is 5.32 Å². The number of nitrogens with zero attached hydrogens (tertiary/aromatic N) is 1. The average molecular weight is 363 g/mol. The van der Waals surface area contributed by atoms with E-state index in [1.807, 2.05) is 27.7 Å². The van der Waals surface area contributed by atoms with E-state index in [9.17, 15) is 4.79 Å². The summed E-state index contributed by atoms with van der Waals surface area (Å²) in [6.45, 7) is 9.68. The molecule has 0 saturated carbocycles. The van der Waals surface area contributed by atoms with Crippen LogP contribution in [0.15, 0.2) is 0 Å². The number of aromatic nitrogens is 2. The first kappa shape index (κ1) is 17.9. The summed E-state index contributed by atoms with van der Waals surface area (Å²) in [6.07, 6.45) is 2.51. The summed E-state index contributed by atoms with van der Waals surface area (Å²) in [5, 5.41) is 4.26. The second-order valence-electron chi connectivity index (χ2n) is 6.29. The maximum atomic E-state index is 12.2. The van der Waals surface area contributed by atoms with E-state index in [2.05, 4.69) is 10.3 Å². The van der Waals surface area contributed by atoms with E-state index in [4.69, 9.17) is 14.5 Å². The Labute approximate surface area is 152 Å². The van der Waals surface area contributed by atoms with Gasteiger partial charge in [0.2, 0.25) is 0 Å². The highest BCUT2D eigenvalue weighted by molar-refractivity contribution is 7.16. The smallest absolute Gasteiger partial charge is 0.340 e. The summed E-state index contributed by atoms with van der Waals surface area (Å²) < 4.78 is 10.8. The van der Waals surface area contributed by atoms with Crippen LogP contribution in [0.5, 0.6) is 0 Å². The van der Waals surface area contributed by atoms with Gasteiger partial charge in [-0.25, -0.2) is 9.78 Å². The molecule has 0 aliphatic carbocycles. The highest BCUT2D eigenvalue weighted by Crippen LogP contribution is 2.34. The van der Waals surface area contributed by atoms with Gasteiger partial charge in [-0.05, 0) is 46.1 Å². The minimum atomic E-state index is -0.287. The first-order valence-electron chi connectivity index (χ1n) is 8.70. The Bertz CT molecular complexity index is 760. The molecule has 0 radical (unpaired) electrons. The average Bonchev–Trinajstić information content (AvgIpc) is 3.26. The zero-order valence-corrected chi connectivity index (χ0v) is 16.0. The number of carbonyl (C=O) groups excluding carboxylic acids is 1. The Morgan fingerprint density at radius 1 is 1.44 bits per heavy atom. The molecular formula is C18H25N3O3S. The van der Waals surface area contributed by atoms with Crippen LogP contribution in [-0.2, 0) is 9.47 Å². The van der Waals surface area contributed by atoms with Crippen molar-refractivity contribution in [3.63, 3.8) is 0 Å². The highest BCUT2D eigenvalue weighted by atomic mass is 32.1. The molecule has 0 spiro atoms. The van der Waals surface area contributed by atoms with Crippen molar-refractivity contribution >= 4 is 22.4 Å². The molecule has 2 N–H and O–H groups in total. The molecule has 1 atom stereocenters. The Morgan fingerprint density at radius 3 is 2.92 bits per heavy atom. The summed E-state index contributed by atoms with van der Waals surface area (Å²) in [6, 6.07) is 0. The van der Waals surface area contributed by atoms with Gasteiger partial charge in [0.25, 0.3) is 0 Å². The van der Waals surface area contributed by atoms with Gasteiger partial charge in [-0.3, -0.25) is 0 Å². The fourth-order valence-electron chi connectivity index (χ4n) is 3.21. The molecule has 0 amide bonds. The van der Waals surface area contributed by atoms with Crippen molar-refractivity contribution in [1.82, 2.24) is 9.97 Å². The second-order valence-corrected chi connectivity index (χ2v) is 7.49. The van der Waals surface area contributed by atoms with Gasteiger partial charge in [-0.2, -0.15) is 0 Å². The Kier molecular flexibility index (Phi) is 5.44. The van der Waals surface area contributed by atoms with E-state index >= 15 is 0 Å². The van der Waals surface area contributed by atoms with Crippen molar-refractivity contribution in [3.8, 4) is 11.4 Å². The molecule has 136 valence electrons. The highest BCUT2D eigenvalue weighted by Gasteiger charge is 2.23. The van der Waals surface area contributed by atoms with E-state index in [0.717, 1.165) is 58.6 Å². The molecule has 0 bridgehead atoms. The van der Waals surface area contributed by atoms with Gasteiger partial charge in [0.1, 0.15) is 5.69 Å². The number of rotatable bonds is 6.